The van der Waals surface area contributed by atoms with Crippen LogP contribution in [0.2, 0.25) is 0 Å². The first-order valence-electron chi connectivity index (χ1n) is 6.70. The predicted molar refractivity (Wildman–Crippen MR) is 72.6 cm³/mol. The number of aromatic nitrogens is 1. The van der Waals surface area contributed by atoms with Crippen molar-refractivity contribution in [2.75, 3.05) is 43.4 Å². The van der Waals surface area contributed by atoms with Crippen LogP contribution in [0.25, 0.3) is 0 Å². The molecule has 0 bridgehead atoms. The van der Waals surface area contributed by atoms with Gasteiger partial charge in [0.05, 0.1) is 11.9 Å². The number of anilines is 2. The van der Waals surface area contributed by atoms with Crippen LogP contribution in [0.5, 0.6) is 0 Å². The standard InChI is InChI=1S/C13H19F3N4/c14-13(15,16)4-1-5-19-6-8-20(9-7-19)11-2-3-12(17)18-10-11/h2-3,10H,1,4-9H2,(H2,17,18). The van der Waals surface area contributed by atoms with E-state index in [1.807, 2.05) is 6.07 Å². The molecule has 0 unspecified atom stereocenters. The molecular formula is C13H19F3N4. The molecule has 0 aromatic carbocycles. The Kier molecular flexibility index (Phi) is 4.69. The fraction of sp³-hybridized carbons (Fsp3) is 0.615. The zero-order valence-corrected chi connectivity index (χ0v) is 11.2. The van der Waals surface area contributed by atoms with Gasteiger partial charge in [-0.3, -0.25) is 4.90 Å². The molecule has 4 nitrogen and oxygen atoms in total. The molecule has 2 rings (SSSR count). The molecule has 1 aliphatic rings. The summed E-state index contributed by atoms with van der Waals surface area (Å²) in [7, 11) is 0. The molecule has 112 valence electrons. The van der Waals surface area contributed by atoms with Crippen molar-refractivity contribution in [3.05, 3.63) is 18.3 Å². The second kappa shape index (κ2) is 6.30. The molecule has 2 heterocycles. The van der Waals surface area contributed by atoms with E-state index in [4.69, 9.17) is 5.73 Å². The van der Waals surface area contributed by atoms with Crippen molar-refractivity contribution in [1.82, 2.24) is 9.88 Å². The molecule has 0 atom stereocenters. The zero-order valence-electron chi connectivity index (χ0n) is 11.2. The van der Waals surface area contributed by atoms with Crippen molar-refractivity contribution in [3.8, 4) is 0 Å². The summed E-state index contributed by atoms with van der Waals surface area (Å²) >= 11 is 0. The van der Waals surface area contributed by atoms with Gasteiger partial charge in [0.15, 0.2) is 0 Å². The lowest BCUT2D eigenvalue weighted by Gasteiger charge is -2.36. The summed E-state index contributed by atoms with van der Waals surface area (Å²) in [6.07, 6.45) is -2.84. The minimum Gasteiger partial charge on any atom is -0.384 e. The van der Waals surface area contributed by atoms with E-state index >= 15 is 0 Å². The Bertz CT molecular complexity index is 411. The average Bonchev–Trinajstić information content (AvgIpc) is 2.39. The van der Waals surface area contributed by atoms with Crippen LogP contribution in [0, 0.1) is 0 Å². The van der Waals surface area contributed by atoms with Gasteiger partial charge in [-0.25, -0.2) is 4.98 Å². The number of nitrogens with two attached hydrogens (primary N) is 1. The highest BCUT2D eigenvalue weighted by molar-refractivity contribution is 5.48. The number of hydrogen-bond acceptors (Lipinski definition) is 4. The van der Waals surface area contributed by atoms with Crippen molar-refractivity contribution < 1.29 is 13.2 Å². The molecule has 0 spiro atoms. The Hall–Kier alpha value is -1.50. The van der Waals surface area contributed by atoms with Crippen LogP contribution in [0.4, 0.5) is 24.7 Å². The van der Waals surface area contributed by atoms with Gasteiger partial charge in [-0.2, -0.15) is 13.2 Å². The van der Waals surface area contributed by atoms with Gasteiger partial charge in [0.25, 0.3) is 0 Å². The third kappa shape index (κ3) is 4.56. The fourth-order valence-electron chi connectivity index (χ4n) is 2.32. The van der Waals surface area contributed by atoms with Crippen LogP contribution in [0.15, 0.2) is 18.3 Å². The van der Waals surface area contributed by atoms with E-state index in [0.29, 0.717) is 12.4 Å². The topological polar surface area (TPSA) is 45.4 Å². The van der Waals surface area contributed by atoms with Gasteiger partial charge >= 0.3 is 6.18 Å². The van der Waals surface area contributed by atoms with E-state index in [9.17, 15) is 13.2 Å². The third-order valence-corrected chi connectivity index (χ3v) is 3.44. The minimum absolute atomic E-state index is 0.174. The number of nitrogens with zero attached hydrogens (tertiary/aromatic N) is 3. The first-order valence-corrected chi connectivity index (χ1v) is 6.70. The van der Waals surface area contributed by atoms with Crippen LogP contribution in [0.1, 0.15) is 12.8 Å². The van der Waals surface area contributed by atoms with Gasteiger partial charge in [0.1, 0.15) is 5.82 Å². The van der Waals surface area contributed by atoms with Crippen LogP contribution in [-0.2, 0) is 0 Å². The second-order valence-electron chi connectivity index (χ2n) is 4.99. The van der Waals surface area contributed by atoms with E-state index in [1.54, 1.807) is 12.3 Å². The summed E-state index contributed by atoms with van der Waals surface area (Å²) < 4.78 is 36.2. The molecule has 7 heteroatoms. The SMILES string of the molecule is Nc1ccc(N2CCN(CCCC(F)(F)F)CC2)cn1. The molecule has 0 saturated carbocycles. The van der Waals surface area contributed by atoms with Crippen molar-refractivity contribution in [2.24, 2.45) is 0 Å². The highest BCUT2D eigenvalue weighted by atomic mass is 19.4. The Labute approximate surface area is 116 Å². The smallest absolute Gasteiger partial charge is 0.384 e. The van der Waals surface area contributed by atoms with Crippen LogP contribution in [-0.4, -0.2) is 48.8 Å². The van der Waals surface area contributed by atoms with Gasteiger partial charge in [0, 0.05) is 32.6 Å². The second-order valence-corrected chi connectivity index (χ2v) is 4.99. The Morgan fingerprint density at radius 3 is 2.40 bits per heavy atom. The van der Waals surface area contributed by atoms with Gasteiger partial charge in [0.2, 0.25) is 0 Å². The maximum absolute atomic E-state index is 12.1. The highest BCUT2D eigenvalue weighted by Gasteiger charge is 2.27. The molecule has 1 fully saturated rings. The number of nitrogen functional groups attached to an aromatic ring is 1. The first-order chi connectivity index (χ1) is 9.44. The zero-order chi connectivity index (χ0) is 14.6. The van der Waals surface area contributed by atoms with Gasteiger partial charge in [-0.05, 0) is 25.1 Å². The largest absolute Gasteiger partial charge is 0.389 e. The Morgan fingerprint density at radius 2 is 1.85 bits per heavy atom. The van der Waals surface area contributed by atoms with Crippen LogP contribution in [0.3, 0.4) is 0 Å². The number of alkyl halides is 3. The summed E-state index contributed by atoms with van der Waals surface area (Å²) in [6.45, 7) is 3.67. The first kappa shape index (κ1) is 14.9. The van der Waals surface area contributed by atoms with Gasteiger partial charge in [-0.1, -0.05) is 0 Å². The summed E-state index contributed by atoms with van der Waals surface area (Å²) in [4.78, 5) is 8.30. The molecule has 0 aliphatic carbocycles. The van der Waals surface area contributed by atoms with E-state index in [1.165, 1.54) is 0 Å². The quantitative estimate of drug-likeness (QED) is 0.922. The molecule has 0 amide bonds. The number of rotatable bonds is 4. The number of piperazine rings is 1. The Balaban J connectivity index is 1.74. The molecule has 20 heavy (non-hydrogen) atoms. The molecule has 1 aromatic heterocycles. The van der Waals surface area contributed by atoms with E-state index in [2.05, 4.69) is 14.8 Å². The molecule has 2 N–H and O–H groups in total. The van der Waals surface area contributed by atoms with Crippen molar-refractivity contribution in [1.29, 1.82) is 0 Å². The lowest BCUT2D eigenvalue weighted by Crippen LogP contribution is -2.46. The molecular weight excluding hydrogens is 269 g/mol. The average molecular weight is 288 g/mol. The molecule has 1 aliphatic heterocycles. The summed E-state index contributed by atoms with van der Waals surface area (Å²) in [6, 6.07) is 3.67. The molecule has 1 saturated heterocycles. The van der Waals surface area contributed by atoms with Gasteiger partial charge < -0.3 is 10.6 Å². The van der Waals surface area contributed by atoms with Gasteiger partial charge in [-0.15, -0.1) is 0 Å². The number of hydrogen-bond donors (Lipinski definition) is 1. The predicted octanol–water partition coefficient (Wildman–Crippen LogP) is 2.13. The maximum atomic E-state index is 12.1. The third-order valence-electron chi connectivity index (χ3n) is 3.44. The highest BCUT2D eigenvalue weighted by Crippen LogP contribution is 2.22. The molecule has 0 radical (unpaired) electrons. The van der Waals surface area contributed by atoms with Crippen LogP contribution < -0.4 is 10.6 Å². The monoisotopic (exact) mass is 288 g/mol. The molecule has 1 aromatic rings. The van der Waals surface area contributed by atoms with E-state index < -0.39 is 12.6 Å². The van der Waals surface area contributed by atoms with E-state index in [-0.39, 0.29) is 6.42 Å². The maximum Gasteiger partial charge on any atom is 0.389 e. The van der Waals surface area contributed by atoms with Crippen molar-refractivity contribution in [2.45, 2.75) is 19.0 Å². The van der Waals surface area contributed by atoms with Crippen molar-refractivity contribution >= 4 is 11.5 Å². The van der Waals surface area contributed by atoms with Crippen LogP contribution >= 0.6 is 0 Å². The lowest BCUT2D eigenvalue weighted by atomic mass is 10.2. The fourth-order valence-corrected chi connectivity index (χ4v) is 2.32. The lowest BCUT2D eigenvalue weighted by molar-refractivity contribution is -0.136. The summed E-state index contributed by atoms with van der Waals surface area (Å²) in [5.74, 6) is 0.486. The number of halogens is 3. The normalized spacial score (nSPS) is 17.4. The summed E-state index contributed by atoms with van der Waals surface area (Å²) in [5.41, 5.74) is 6.55. The minimum atomic E-state index is -4.04. The van der Waals surface area contributed by atoms with Crippen molar-refractivity contribution in [3.63, 3.8) is 0 Å². The van der Waals surface area contributed by atoms with E-state index in [0.717, 1.165) is 31.9 Å². The Morgan fingerprint density at radius 1 is 1.15 bits per heavy atom. The number of pyridine rings is 1. The summed E-state index contributed by atoms with van der Waals surface area (Å²) in [5, 5.41) is 0.